The van der Waals surface area contributed by atoms with Crippen LogP contribution < -0.4 is 10.9 Å². The number of aromatic nitrogens is 1. The molecule has 0 fully saturated rings. The highest BCUT2D eigenvalue weighted by atomic mass is 32.2. The zero-order chi connectivity index (χ0) is 15.3. The van der Waals surface area contributed by atoms with Gasteiger partial charge in [-0.05, 0) is 6.07 Å². The Morgan fingerprint density at radius 2 is 2.10 bits per heavy atom. The van der Waals surface area contributed by atoms with E-state index in [2.05, 4.69) is 11.9 Å². The molecular weight excluding hydrogens is 282 g/mol. The van der Waals surface area contributed by atoms with Crippen LogP contribution in [0.5, 0.6) is 0 Å². The molecule has 0 spiro atoms. The molecule has 0 unspecified atom stereocenters. The van der Waals surface area contributed by atoms with Crippen LogP contribution in [-0.4, -0.2) is 43.8 Å². The lowest BCUT2D eigenvalue weighted by Gasteiger charge is -2.13. The van der Waals surface area contributed by atoms with Crippen molar-refractivity contribution in [1.29, 1.82) is 0 Å². The normalized spacial score (nSPS) is 11.3. The fraction of sp³-hybridized carbons (Fsp3) is 0.333. The number of hydrogen-bond donors (Lipinski definition) is 1. The van der Waals surface area contributed by atoms with Gasteiger partial charge < -0.3 is 9.88 Å². The zero-order valence-corrected chi connectivity index (χ0v) is 12.2. The smallest absolute Gasteiger partial charge is 0.251 e. The van der Waals surface area contributed by atoms with Gasteiger partial charge in [-0.3, -0.25) is 9.59 Å². The van der Waals surface area contributed by atoms with Crippen molar-refractivity contribution in [1.82, 2.24) is 14.2 Å². The van der Waals surface area contributed by atoms with Gasteiger partial charge >= 0.3 is 0 Å². The van der Waals surface area contributed by atoms with Crippen molar-refractivity contribution in [2.45, 2.75) is 11.4 Å². The summed E-state index contributed by atoms with van der Waals surface area (Å²) >= 11 is 0. The van der Waals surface area contributed by atoms with Crippen LogP contribution in [0.15, 0.2) is 40.7 Å². The van der Waals surface area contributed by atoms with Gasteiger partial charge in [0, 0.05) is 32.9 Å². The average Bonchev–Trinajstić information content (AvgIpc) is 2.38. The van der Waals surface area contributed by atoms with E-state index < -0.39 is 21.5 Å². The maximum atomic E-state index is 12.0. The molecule has 0 aromatic carbocycles. The number of amides is 1. The van der Waals surface area contributed by atoms with Gasteiger partial charge in [0.15, 0.2) is 0 Å². The average molecular weight is 299 g/mol. The molecule has 0 aliphatic carbocycles. The number of nitrogens with zero attached hydrogens (tertiary/aromatic N) is 2. The van der Waals surface area contributed by atoms with Gasteiger partial charge in [-0.15, -0.1) is 6.58 Å². The first-order chi connectivity index (χ1) is 9.28. The van der Waals surface area contributed by atoms with Crippen LogP contribution >= 0.6 is 0 Å². The van der Waals surface area contributed by atoms with Gasteiger partial charge in [0.25, 0.3) is 5.56 Å². The second kappa shape index (κ2) is 6.49. The highest BCUT2D eigenvalue weighted by Gasteiger charge is 2.18. The summed E-state index contributed by atoms with van der Waals surface area (Å²) in [6, 6.07) is 2.34. The molecule has 0 saturated heterocycles. The minimum absolute atomic E-state index is 0.0429. The summed E-state index contributed by atoms with van der Waals surface area (Å²) in [5, 5.41) is 2.51. The third-order valence-corrected chi connectivity index (χ3v) is 4.29. The van der Waals surface area contributed by atoms with Crippen molar-refractivity contribution < 1.29 is 13.2 Å². The van der Waals surface area contributed by atoms with Crippen LogP contribution in [0.1, 0.15) is 0 Å². The van der Waals surface area contributed by atoms with Gasteiger partial charge in [0.1, 0.15) is 6.54 Å². The van der Waals surface area contributed by atoms with Crippen molar-refractivity contribution in [3.63, 3.8) is 0 Å². The SMILES string of the molecule is C=CCNC(=O)Cn1cc(S(=O)(=O)N(C)C)ccc1=O. The van der Waals surface area contributed by atoms with E-state index in [1.165, 1.54) is 26.2 Å². The monoisotopic (exact) mass is 299 g/mol. The predicted octanol–water partition coefficient (Wildman–Crippen LogP) is -0.599. The molecule has 0 aliphatic rings. The summed E-state index contributed by atoms with van der Waals surface area (Å²) < 4.78 is 26.0. The van der Waals surface area contributed by atoms with E-state index >= 15 is 0 Å². The topological polar surface area (TPSA) is 88.5 Å². The summed E-state index contributed by atoms with van der Waals surface area (Å²) in [4.78, 5) is 23.1. The van der Waals surface area contributed by atoms with Crippen LogP contribution in [0.25, 0.3) is 0 Å². The summed E-state index contributed by atoms with van der Waals surface area (Å²) in [6.45, 7) is 3.49. The van der Waals surface area contributed by atoms with Crippen molar-refractivity contribution in [2.24, 2.45) is 0 Å². The summed E-state index contributed by atoms with van der Waals surface area (Å²) in [5.74, 6) is -0.397. The molecule has 0 bridgehead atoms. The number of carbonyl (C=O) groups excluding carboxylic acids is 1. The molecule has 8 heteroatoms. The van der Waals surface area contributed by atoms with Crippen LogP contribution in [0.2, 0.25) is 0 Å². The lowest BCUT2D eigenvalue weighted by atomic mass is 10.4. The maximum absolute atomic E-state index is 12.0. The lowest BCUT2D eigenvalue weighted by molar-refractivity contribution is -0.121. The fourth-order valence-electron chi connectivity index (χ4n) is 1.39. The molecule has 1 aromatic rings. The minimum atomic E-state index is -3.64. The Bertz CT molecular complexity index is 662. The molecule has 1 N–H and O–H groups in total. The molecule has 110 valence electrons. The van der Waals surface area contributed by atoms with Gasteiger partial charge in [0.2, 0.25) is 15.9 Å². The van der Waals surface area contributed by atoms with Crippen molar-refractivity contribution >= 4 is 15.9 Å². The van der Waals surface area contributed by atoms with Crippen molar-refractivity contribution in [2.75, 3.05) is 20.6 Å². The highest BCUT2D eigenvalue weighted by molar-refractivity contribution is 7.89. The molecule has 1 amide bonds. The van der Waals surface area contributed by atoms with Gasteiger partial charge in [-0.25, -0.2) is 12.7 Å². The van der Waals surface area contributed by atoms with E-state index in [0.29, 0.717) is 0 Å². The van der Waals surface area contributed by atoms with Gasteiger partial charge in [-0.2, -0.15) is 0 Å². The number of carbonyl (C=O) groups is 1. The fourth-order valence-corrected chi connectivity index (χ4v) is 2.32. The molecule has 1 heterocycles. The summed E-state index contributed by atoms with van der Waals surface area (Å²) in [7, 11) is -0.862. The molecule has 1 aromatic heterocycles. The Hall–Kier alpha value is -1.93. The second-order valence-corrected chi connectivity index (χ2v) is 6.36. The quantitative estimate of drug-likeness (QED) is 0.711. The first-order valence-corrected chi connectivity index (χ1v) is 7.23. The number of sulfonamides is 1. The first kappa shape index (κ1) is 16.1. The number of pyridine rings is 1. The Balaban J connectivity index is 3.07. The van der Waals surface area contributed by atoms with Gasteiger partial charge in [0.05, 0.1) is 4.90 Å². The standard InChI is InChI=1S/C12H17N3O4S/c1-4-7-13-11(16)9-15-8-10(5-6-12(15)17)20(18,19)14(2)3/h4-6,8H,1,7,9H2,2-3H3,(H,13,16). The Kier molecular flexibility index (Phi) is 5.23. The van der Waals surface area contributed by atoms with Crippen molar-refractivity contribution in [3.8, 4) is 0 Å². The molecule has 0 atom stereocenters. The van der Waals surface area contributed by atoms with Crippen molar-refractivity contribution in [3.05, 3.63) is 41.3 Å². The second-order valence-electron chi connectivity index (χ2n) is 4.21. The first-order valence-electron chi connectivity index (χ1n) is 5.79. The molecule has 1 rings (SSSR count). The van der Waals surface area contributed by atoms with E-state index in [4.69, 9.17) is 0 Å². The van der Waals surface area contributed by atoms with E-state index in [1.807, 2.05) is 0 Å². The van der Waals surface area contributed by atoms with E-state index in [9.17, 15) is 18.0 Å². The summed E-state index contributed by atoms with van der Waals surface area (Å²) in [5.41, 5.74) is -0.448. The Morgan fingerprint density at radius 3 is 2.65 bits per heavy atom. The highest BCUT2D eigenvalue weighted by Crippen LogP contribution is 2.10. The van der Waals surface area contributed by atoms with E-state index in [1.54, 1.807) is 0 Å². The van der Waals surface area contributed by atoms with E-state index in [0.717, 1.165) is 21.1 Å². The molecule has 0 aliphatic heterocycles. The minimum Gasteiger partial charge on any atom is -0.351 e. The lowest BCUT2D eigenvalue weighted by Crippen LogP contribution is -2.33. The number of hydrogen-bond acceptors (Lipinski definition) is 4. The van der Waals surface area contributed by atoms with Crippen LogP contribution in [0.4, 0.5) is 0 Å². The zero-order valence-electron chi connectivity index (χ0n) is 11.4. The van der Waals surface area contributed by atoms with Crippen LogP contribution in [-0.2, 0) is 21.4 Å². The number of nitrogens with one attached hydrogen (secondary N) is 1. The third-order valence-electron chi connectivity index (χ3n) is 2.49. The largest absolute Gasteiger partial charge is 0.351 e. The predicted molar refractivity (Wildman–Crippen MR) is 74.8 cm³/mol. The molecular formula is C12H17N3O4S. The van der Waals surface area contributed by atoms with Gasteiger partial charge in [-0.1, -0.05) is 6.08 Å². The third kappa shape index (κ3) is 3.78. The Labute approximate surface area is 117 Å². The summed E-state index contributed by atoms with van der Waals surface area (Å²) in [6.07, 6.45) is 2.67. The molecule has 0 radical (unpaired) electrons. The molecule has 0 saturated carbocycles. The Morgan fingerprint density at radius 1 is 1.45 bits per heavy atom. The number of rotatable bonds is 6. The maximum Gasteiger partial charge on any atom is 0.251 e. The molecule has 7 nitrogen and oxygen atoms in total. The van der Waals surface area contributed by atoms with Crippen LogP contribution in [0.3, 0.4) is 0 Å². The van der Waals surface area contributed by atoms with E-state index in [-0.39, 0.29) is 18.0 Å². The molecule has 20 heavy (non-hydrogen) atoms. The van der Waals surface area contributed by atoms with Crippen LogP contribution in [0, 0.1) is 0 Å².